The lowest BCUT2D eigenvalue weighted by Gasteiger charge is -2.21. The number of nitrogens with zero attached hydrogens (tertiary/aromatic N) is 3. The standard InChI is InChI=1S/C21H20N4O5/c1-24-16-10-14(13-5-3-12(4-6-13)9-19(27)30-2)22-11-17(16)25(21(24)29)15-7-8-18(26)23-20(15)28/h3-6,10-11,15H,7-9H2,1-2H3,(H,23,26,28). The minimum absolute atomic E-state index is 0.183. The van der Waals surface area contributed by atoms with Crippen molar-refractivity contribution in [3.8, 4) is 11.3 Å². The maximum Gasteiger partial charge on any atom is 0.329 e. The van der Waals surface area contributed by atoms with E-state index in [0.717, 1.165) is 11.1 Å². The number of fused-ring (bicyclic) bond motifs is 1. The summed E-state index contributed by atoms with van der Waals surface area (Å²) >= 11 is 0. The van der Waals surface area contributed by atoms with Crippen LogP contribution in [0.5, 0.6) is 0 Å². The summed E-state index contributed by atoms with van der Waals surface area (Å²) in [6, 6.07) is 8.39. The highest BCUT2D eigenvalue weighted by atomic mass is 16.5. The third kappa shape index (κ3) is 3.38. The second-order valence-electron chi connectivity index (χ2n) is 7.19. The molecule has 1 saturated heterocycles. The van der Waals surface area contributed by atoms with Crippen LogP contribution < -0.4 is 11.0 Å². The Kier molecular flexibility index (Phi) is 4.94. The summed E-state index contributed by atoms with van der Waals surface area (Å²) < 4.78 is 7.54. The number of hydrogen-bond donors (Lipinski definition) is 1. The summed E-state index contributed by atoms with van der Waals surface area (Å²) in [7, 11) is 2.98. The van der Waals surface area contributed by atoms with Crippen molar-refractivity contribution in [2.75, 3.05) is 7.11 Å². The van der Waals surface area contributed by atoms with E-state index in [-0.39, 0.29) is 36.8 Å². The molecular weight excluding hydrogens is 388 g/mol. The number of carbonyl (C=O) groups is 3. The molecule has 1 unspecified atom stereocenters. The van der Waals surface area contributed by atoms with E-state index in [0.29, 0.717) is 16.7 Å². The van der Waals surface area contributed by atoms with Gasteiger partial charge in [0, 0.05) is 19.0 Å². The van der Waals surface area contributed by atoms with Gasteiger partial charge >= 0.3 is 11.7 Å². The maximum absolute atomic E-state index is 12.8. The van der Waals surface area contributed by atoms with E-state index in [1.54, 1.807) is 19.3 Å². The molecule has 1 atom stereocenters. The summed E-state index contributed by atoms with van der Waals surface area (Å²) in [6.07, 6.45) is 2.21. The molecule has 30 heavy (non-hydrogen) atoms. The number of aryl methyl sites for hydroxylation is 1. The van der Waals surface area contributed by atoms with Crippen molar-refractivity contribution < 1.29 is 19.1 Å². The molecule has 0 bridgehead atoms. The first-order valence-electron chi connectivity index (χ1n) is 9.46. The highest BCUT2D eigenvalue weighted by Gasteiger charge is 2.31. The zero-order valence-electron chi connectivity index (χ0n) is 16.5. The van der Waals surface area contributed by atoms with Crippen LogP contribution in [0, 0.1) is 0 Å². The van der Waals surface area contributed by atoms with Crippen LogP contribution in [0.25, 0.3) is 22.3 Å². The van der Waals surface area contributed by atoms with Gasteiger partial charge in [0.25, 0.3) is 0 Å². The molecule has 3 aromatic rings. The zero-order valence-corrected chi connectivity index (χ0v) is 16.5. The van der Waals surface area contributed by atoms with Gasteiger partial charge in [-0.3, -0.25) is 33.8 Å². The number of piperidine rings is 1. The Labute approximate surface area is 171 Å². The van der Waals surface area contributed by atoms with Crippen molar-refractivity contribution >= 4 is 28.8 Å². The topological polar surface area (TPSA) is 112 Å². The average molecular weight is 408 g/mol. The van der Waals surface area contributed by atoms with Gasteiger partial charge in [-0.15, -0.1) is 0 Å². The third-order valence-corrected chi connectivity index (χ3v) is 5.32. The van der Waals surface area contributed by atoms with Crippen LogP contribution in [0.1, 0.15) is 24.4 Å². The molecule has 1 aliphatic heterocycles. The van der Waals surface area contributed by atoms with Crippen LogP contribution in [0.4, 0.5) is 0 Å². The molecule has 1 N–H and O–H groups in total. The van der Waals surface area contributed by atoms with Crippen LogP contribution in [0.3, 0.4) is 0 Å². The SMILES string of the molecule is COC(=O)Cc1ccc(-c2cc3c(cn2)n(C2CCC(=O)NC2=O)c(=O)n3C)cc1. The minimum Gasteiger partial charge on any atom is -0.469 e. The fourth-order valence-corrected chi connectivity index (χ4v) is 3.68. The molecule has 2 aromatic heterocycles. The molecule has 1 fully saturated rings. The number of aromatic nitrogens is 3. The van der Waals surface area contributed by atoms with Crippen molar-refractivity contribution in [1.29, 1.82) is 0 Å². The molecule has 0 saturated carbocycles. The lowest BCUT2D eigenvalue weighted by atomic mass is 10.1. The van der Waals surface area contributed by atoms with Crippen molar-refractivity contribution in [2.24, 2.45) is 7.05 Å². The predicted octanol–water partition coefficient (Wildman–Crippen LogP) is 1.10. The van der Waals surface area contributed by atoms with Crippen LogP contribution in [0.15, 0.2) is 41.3 Å². The summed E-state index contributed by atoms with van der Waals surface area (Å²) in [4.78, 5) is 52.4. The summed E-state index contributed by atoms with van der Waals surface area (Å²) in [5, 5.41) is 2.29. The van der Waals surface area contributed by atoms with Crippen LogP contribution in [-0.4, -0.2) is 39.0 Å². The number of methoxy groups -OCH3 is 1. The van der Waals surface area contributed by atoms with E-state index in [9.17, 15) is 19.2 Å². The largest absolute Gasteiger partial charge is 0.469 e. The summed E-state index contributed by atoms with van der Waals surface area (Å²) in [6.45, 7) is 0. The molecule has 9 heteroatoms. The fourth-order valence-electron chi connectivity index (χ4n) is 3.68. The number of rotatable bonds is 4. The zero-order chi connectivity index (χ0) is 21.4. The van der Waals surface area contributed by atoms with Gasteiger partial charge < -0.3 is 4.74 Å². The quantitative estimate of drug-likeness (QED) is 0.511. The Balaban J connectivity index is 1.71. The van der Waals surface area contributed by atoms with Gasteiger partial charge in [0.05, 0.1) is 36.5 Å². The van der Waals surface area contributed by atoms with Gasteiger partial charge in [-0.1, -0.05) is 24.3 Å². The average Bonchev–Trinajstić information content (AvgIpc) is 2.99. The lowest BCUT2D eigenvalue weighted by Crippen LogP contribution is -2.44. The molecule has 2 amide bonds. The first-order valence-corrected chi connectivity index (χ1v) is 9.46. The molecule has 1 aliphatic rings. The number of amides is 2. The number of carbonyl (C=O) groups excluding carboxylic acids is 3. The van der Waals surface area contributed by atoms with E-state index in [1.807, 2.05) is 24.3 Å². The Bertz CT molecular complexity index is 1220. The normalized spacial score (nSPS) is 16.5. The van der Waals surface area contributed by atoms with Gasteiger partial charge in [-0.25, -0.2) is 4.79 Å². The van der Waals surface area contributed by atoms with Gasteiger partial charge in [0.2, 0.25) is 11.8 Å². The second kappa shape index (κ2) is 7.58. The van der Waals surface area contributed by atoms with Crippen molar-refractivity contribution in [1.82, 2.24) is 19.4 Å². The van der Waals surface area contributed by atoms with Crippen molar-refractivity contribution in [2.45, 2.75) is 25.3 Å². The van der Waals surface area contributed by atoms with E-state index in [1.165, 1.54) is 16.2 Å². The second-order valence-corrected chi connectivity index (χ2v) is 7.19. The summed E-state index contributed by atoms with van der Waals surface area (Å²) in [5.41, 5.74) is 3.13. The van der Waals surface area contributed by atoms with E-state index in [4.69, 9.17) is 0 Å². The number of imide groups is 1. The molecule has 0 spiro atoms. The lowest BCUT2D eigenvalue weighted by molar-refractivity contribution is -0.140. The molecule has 3 heterocycles. The smallest absolute Gasteiger partial charge is 0.329 e. The number of benzene rings is 1. The molecule has 154 valence electrons. The molecule has 1 aromatic carbocycles. The number of nitrogens with one attached hydrogen (secondary N) is 1. The summed E-state index contributed by atoms with van der Waals surface area (Å²) in [5.74, 6) is -1.13. The number of ether oxygens (including phenoxy) is 1. The first-order chi connectivity index (χ1) is 14.4. The van der Waals surface area contributed by atoms with E-state index in [2.05, 4.69) is 15.0 Å². The number of hydrogen-bond acceptors (Lipinski definition) is 6. The first kappa shape index (κ1) is 19.6. The monoisotopic (exact) mass is 408 g/mol. The Morgan fingerprint density at radius 2 is 1.93 bits per heavy atom. The molecule has 0 radical (unpaired) electrons. The maximum atomic E-state index is 12.8. The van der Waals surface area contributed by atoms with Crippen LogP contribution in [0.2, 0.25) is 0 Å². The van der Waals surface area contributed by atoms with Gasteiger partial charge in [0.15, 0.2) is 0 Å². The molecule has 4 rings (SSSR count). The van der Waals surface area contributed by atoms with Crippen LogP contribution >= 0.6 is 0 Å². The molecule has 9 nitrogen and oxygen atoms in total. The Hall–Kier alpha value is -3.75. The van der Waals surface area contributed by atoms with Gasteiger partial charge in [-0.2, -0.15) is 0 Å². The number of pyridine rings is 1. The van der Waals surface area contributed by atoms with Gasteiger partial charge in [0.1, 0.15) is 6.04 Å². The number of imidazole rings is 1. The predicted molar refractivity (Wildman–Crippen MR) is 108 cm³/mol. The number of esters is 1. The molecule has 0 aliphatic carbocycles. The Morgan fingerprint density at radius 3 is 2.60 bits per heavy atom. The van der Waals surface area contributed by atoms with Crippen LogP contribution in [-0.2, 0) is 32.6 Å². The highest BCUT2D eigenvalue weighted by Crippen LogP contribution is 2.26. The fraction of sp³-hybridized carbons (Fsp3) is 0.286. The van der Waals surface area contributed by atoms with E-state index < -0.39 is 11.9 Å². The molecular formula is C21H20N4O5. The Morgan fingerprint density at radius 1 is 1.20 bits per heavy atom. The third-order valence-electron chi connectivity index (χ3n) is 5.32. The van der Waals surface area contributed by atoms with Crippen molar-refractivity contribution in [3.63, 3.8) is 0 Å². The van der Waals surface area contributed by atoms with Gasteiger partial charge in [-0.05, 0) is 18.1 Å². The van der Waals surface area contributed by atoms with E-state index >= 15 is 0 Å². The minimum atomic E-state index is -0.746. The highest BCUT2D eigenvalue weighted by molar-refractivity contribution is 6.00. The van der Waals surface area contributed by atoms with Crippen molar-refractivity contribution in [3.05, 3.63) is 52.6 Å².